The number of imide groups is 2. The molecule has 0 aromatic carbocycles. The van der Waals surface area contributed by atoms with Crippen LogP contribution in [-0.4, -0.2) is 109 Å². The number of methoxy groups -OCH3 is 2. The van der Waals surface area contributed by atoms with Gasteiger partial charge < -0.3 is 19.1 Å². The third-order valence-corrected chi connectivity index (χ3v) is 8.22. The van der Waals surface area contributed by atoms with Gasteiger partial charge in [0.1, 0.15) is 0 Å². The Morgan fingerprint density at radius 3 is 2.03 bits per heavy atom. The fourth-order valence-electron chi connectivity index (χ4n) is 6.21. The molecule has 7 atom stereocenters. The number of nitrogens with zero attached hydrogens (tertiary/aromatic N) is 3. The van der Waals surface area contributed by atoms with E-state index in [4.69, 9.17) is 9.47 Å². The second-order valence-electron chi connectivity index (χ2n) is 10.1. The van der Waals surface area contributed by atoms with Crippen molar-refractivity contribution in [2.75, 3.05) is 40.4 Å². The fourth-order valence-corrected chi connectivity index (χ4v) is 6.21. The molecule has 204 valence electrons. The van der Waals surface area contributed by atoms with Gasteiger partial charge in [-0.25, -0.2) is 0 Å². The molecule has 12 nitrogen and oxygen atoms in total. The molecule has 0 spiro atoms. The van der Waals surface area contributed by atoms with Crippen molar-refractivity contribution in [1.82, 2.24) is 14.7 Å². The van der Waals surface area contributed by atoms with Crippen LogP contribution < -0.4 is 0 Å². The van der Waals surface area contributed by atoms with E-state index in [0.29, 0.717) is 6.42 Å². The van der Waals surface area contributed by atoms with Crippen LogP contribution in [0.3, 0.4) is 0 Å². The zero-order chi connectivity index (χ0) is 27.1. The SMILES string of the molecule is COC(=O)CCC(=O)N(CCN1C(=O)C2CC=CC(OC)C2C1=O)CCN1C(=O)C2C3C=CC(O3)C2C1=O. The predicted octanol–water partition coefficient (Wildman–Crippen LogP) is -0.717. The van der Waals surface area contributed by atoms with E-state index in [0.717, 1.165) is 4.90 Å². The molecule has 2 bridgehead atoms. The summed E-state index contributed by atoms with van der Waals surface area (Å²) in [6.45, 7) is -0.0656. The first-order chi connectivity index (χ1) is 18.3. The van der Waals surface area contributed by atoms with E-state index in [2.05, 4.69) is 4.74 Å². The molecule has 0 radical (unpaired) electrons. The number of carbonyl (C=O) groups is 6. The molecule has 1 aliphatic carbocycles. The Bertz CT molecular complexity index is 1090. The van der Waals surface area contributed by atoms with Crippen molar-refractivity contribution in [3.8, 4) is 0 Å². The van der Waals surface area contributed by atoms with E-state index >= 15 is 0 Å². The van der Waals surface area contributed by atoms with Crippen molar-refractivity contribution >= 4 is 35.5 Å². The fraction of sp³-hybridized carbons (Fsp3) is 0.615. The summed E-state index contributed by atoms with van der Waals surface area (Å²) in [6.07, 6.45) is 6.05. The van der Waals surface area contributed by atoms with Gasteiger partial charge in [-0.05, 0) is 6.42 Å². The molecule has 4 aliphatic heterocycles. The molecular formula is C26H31N3O9. The van der Waals surface area contributed by atoms with E-state index in [-0.39, 0.29) is 62.6 Å². The lowest BCUT2D eigenvalue weighted by atomic mass is 9.83. The highest BCUT2D eigenvalue weighted by molar-refractivity contribution is 6.07. The molecule has 4 heterocycles. The first-order valence-corrected chi connectivity index (χ1v) is 12.8. The predicted molar refractivity (Wildman–Crippen MR) is 128 cm³/mol. The van der Waals surface area contributed by atoms with Crippen LogP contribution in [0.15, 0.2) is 24.3 Å². The molecule has 0 aromatic heterocycles. The molecule has 12 heteroatoms. The minimum absolute atomic E-state index is 0.000990. The number of carbonyl (C=O) groups excluding carboxylic acids is 6. The third-order valence-electron chi connectivity index (χ3n) is 8.22. The Kier molecular flexibility index (Phi) is 7.19. The van der Waals surface area contributed by atoms with Gasteiger partial charge in [0.2, 0.25) is 29.5 Å². The Hall–Kier alpha value is -3.38. The summed E-state index contributed by atoms with van der Waals surface area (Å²) in [7, 11) is 2.71. The van der Waals surface area contributed by atoms with E-state index in [1.54, 1.807) is 18.2 Å². The van der Waals surface area contributed by atoms with Crippen LogP contribution in [0.25, 0.3) is 0 Å². The smallest absolute Gasteiger partial charge is 0.306 e. The normalized spacial score (nSPS) is 32.8. The highest BCUT2D eigenvalue weighted by Gasteiger charge is 2.60. The lowest BCUT2D eigenvalue weighted by molar-refractivity contribution is -0.145. The van der Waals surface area contributed by atoms with Crippen molar-refractivity contribution in [2.24, 2.45) is 23.7 Å². The van der Waals surface area contributed by atoms with E-state index in [9.17, 15) is 28.8 Å². The second kappa shape index (κ2) is 10.4. The number of hydrogen-bond donors (Lipinski definition) is 0. The summed E-state index contributed by atoms with van der Waals surface area (Å²) < 4.78 is 15.7. The largest absolute Gasteiger partial charge is 0.469 e. The van der Waals surface area contributed by atoms with Gasteiger partial charge in [-0.3, -0.25) is 38.6 Å². The van der Waals surface area contributed by atoms with Gasteiger partial charge in [0, 0.05) is 39.7 Å². The number of ether oxygens (including phenoxy) is 3. The maximum Gasteiger partial charge on any atom is 0.306 e. The first-order valence-electron chi connectivity index (χ1n) is 12.8. The number of amides is 5. The molecular weight excluding hydrogens is 498 g/mol. The van der Waals surface area contributed by atoms with Gasteiger partial charge in [-0.1, -0.05) is 24.3 Å². The number of esters is 1. The van der Waals surface area contributed by atoms with Gasteiger partial charge in [-0.2, -0.15) is 0 Å². The zero-order valence-corrected chi connectivity index (χ0v) is 21.3. The van der Waals surface area contributed by atoms with Crippen LogP contribution in [0.2, 0.25) is 0 Å². The Morgan fingerprint density at radius 1 is 0.868 bits per heavy atom. The summed E-state index contributed by atoms with van der Waals surface area (Å²) in [5.41, 5.74) is 0. The van der Waals surface area contributed by atoms with Crippen LogP contribution in [0.5, 0.6) is 0 Å². The molecule has 0 saturated carbocycles. The number of allylic oxidation sites excluding steroid dienone is 1. The van der Waals surface area contributed by atoms with Crippen molar-refractivity contribution in [1.29, 1.82) is 0 Å². The molecule has 0 N–H and O–H groups in total. The molecule has 5 aliphatic rings. The second-order valence-corrected chi connectivity index (χ2v) is 10.1. The monoisotopic (exact) mass is 529 g/mol. The molecule has 7 unspecified atom stereocenters. The number of hydrogen-bond acceptors (Lipinski definition) is 9. The summed E-state index contributed by atoms with van der Waals surface area (Å²) in [4.78, 5) is 80.5. The van der Waals surface area contributed by atoms with Crippen molar-refractivity contribution in [2.45, 2.75) is 37.6 Å². The zero-order valence-electron chi connectivity index (χ0n) is 21.3. The first kappa shape index (κ1) is 26.2. The van der Waals surface area contributed by atoms with Crippen LogP contribution in [-0.2, 0) is 43.0 Å². The summed E-state index contributed by atoms with van der Waals surface area (Å²) >= 11 is 0. The standard InChI is InChI=1S/C26H31N3O9/c1-36-15-5-3-4-14-20(15)24(33)28(23(14)32)12-10-27(18(30)8-9-19(31)37-2)11-13-29-25(34)21-16-6-7-17(38-16)22(21)26(29)35/h3,5-7,14-17,20-22H,4,8-13H2,1-2H3. The summed E-state index contributed by atoms with van der Waals surface area (Å²) in [5.74, 6) is -4.49. The van der Waals surface area contributed by atoms with Crippen molar-refractivity contribution in [3.05, 3.63) is 24.3 Å². The quantitative estimate of drug-likeness (QED) is 0.204. The minimum atomic E-state index is -0.605. The third kappa shape index (κ3) is 4.35. The van der Waals surface area contributed by atoms with Crippen LogP contribution >= 0.6 is 0 Å². The van der Waals surface area contributed by atoms with Gasteiger partial charge in [0.25, 0.3) is 0 Å². The number of likely N-dealkylation sites (tertiary alicyclic amines) is 2. The van der Waals surface area contributed by atoms with E-state index < -0.39 is 53.9 Å². The molecule has 38 heavy (non-hydrogen) atoms. The van der Waals surface area contributed by atoms with Crippen LogP contribution in [0.1, 0.15) is 19.3 Å². The number of fused-ring (bicyclic) bond motifs is 6. The number of rotatable bonds is 10. The van der Waals surface area contributed by atoms with Gasteiger partial charge in [0.05, 0.1) is 55.5 Å². The topological polar surface area (TPSA) is 140 Å². The average molecular weight is 530 g/mol. The van der Waals surface area contributed by atoms with Gasteiger partial charge >= 0.3 is 5.97 Å². The van der Waals surface area contributed by atoms with Gasteiger partial charge in [-0.15, -0.1) is 0 Å². The summed E-state index contributed by atoms with van der Waals surface area (Å²) in [5, 5.41) is 0. The molecule has 5 rings (SSSR count). The molecule has 0 aromatic rings. The Morgan fingerprint density at radius 2 is 1.45 bits per heavy atom. The molecule has 5 amide bonds. The van der Waals surface area contributed by atoms with Crippen LogP contribution in [0, 0.1) is 23.7 Å². The van der Waals surface area contributed by atoms with Crippen LogP contribution in [0.4, 0.5) is 0 Å². The Labute approximate surface area is 219 Å². The van der Waals surface area contributed by atoms with Crippen molar-refractivity contribution in [3.63, 3.8) is 0 Å². The molecule has 3 fully saturated rings. The highest BCUT2D eigenvalue weighted by Crippen LogP contribution is 2.45. The van der Waals surface area contributed by atoms with E-state index in [1.807, 2.05) is 6.08 Å². The molecule has 3 saturated heterocycles. The average Bonchev–Trinajstić information content (AvgIpc) is 3.66. The Balaban J connectivity index is 1.25. The maximum absolute atomic E-state index is 13.1. The summed E-state index contributed by atoms with van der Waals surface area (Å²) in [6, 6.07) is 0. The maximum atomic E-state index is 13.1. The van der Waals surface area contributed by atoms with Gasteiger partial charge in [0.15, 0.2) is 0 Å². The minimum Gasteiger partial charge on any atom is -0.469 e. The highest BCUT2D eigenvalue weighted by atomic mass is 16.5. The lowest BCUT2D eigenvalue weighted by Gasteiger charge is -2.27. The van der Waals surface area contributed by atoms with E-state index in [1.165, 1.54) is 24.0 Å². The van der Waals surface area contributed by atoms with Crippen molar-refractivity contribution < 1.29 is 43.0 Å². The lowest BCUT2D eigenvalue weighted by Crippen LogP contribution is -2.46.